The highest BCUT2D eigenvalue weighted by atomic mass is 35.5. The van der Waals surface area contributed by atoms with E-state index < -0.39 is 0 Å². The van der Waals surface area contributed by atoms with E-state index in [9.17, 15) is 4.79 Å². The summed E-state index contributed by atoms with van der Waals surface area (Å²) in [5.41, 5.74) is 2.40. The van der Waals surface area contributed by atoms with Crippen molar-refractivity contribution in [1.82, 2.24) is 4.98 Å². The molecule has 0 bridgehead atoms. The standard InChI is InChI=1S/C17H16ClNO3/c1-21-17(20)13-3-2-12-9-14(5-4-11(12)8-13)22-15-6-7-19-16(18)10-15/h4-7,9-10,13H,2-3,8H2,1H3. The number of aryl methyl sites for hydroxylation is 1. The number of pyridine rings is 1. The van der Waals surface area contributed by atoms with Gasteiger partial charge in [0.15, 0.2) is 0 Å². The highest BCUT2D eigenvalue weighted by Crippen LogP contribution is 2.31. The molecule has 1 heterocycles. The Hall–Kier alpha value is -2.07. The van der Waals surface area contributed by atoms with Crippen LogP contribution in [0.5, 0.6) is 11.5 Å². The molecule has 1 aliphatic rings. The van der Waals surface area contributed by atoms with Crippen molar-refractivity contribution < 1.29 is 14.3 Å². The van der Waals surface area contributed by atoms with Crippen LogP contribution in [0.25, 0.3) is 0 Å². The zero-order valence-electron chi connectivity index (χ0n) is 12.2. The molecule has 0 amide bonds. The molecular formula is C17H16ClNO3. The van der Waals surface area contributed by atoms with Crippen LogP contribution < -0.4 is 4.74 Å². The van der Waals surface area contributed by atoms with Crippen LogP contribution in [0.15, 0.2) is 36.5 Å². The molecule has 0 aliphatic heterocycles. The van der Waals surface area contributed by atoms with Crippen molar-refractivity contribution in [2.75, 3.05) is 7.11 Å². The van der Waals surface area contributed by atoms with Gasteiger partial charge in [0.25, 0.3) is 0 Å². The second-order valence-corrected chi connectivity index (χ2v) is 5.70. The lowest BCUT2D eigenvalue weighted by Crippen LogP contribution is -2.23. The first-order chi connectivity index (χ1) is 10.7. The van der Waals surface area contributed by atoms with Crippen molar-refractivity contribution in [3.63, 3.8) is 0 Å². The number of methoxy groups -OCH3 is 1. The highest BCUT2D eigenvalue weighted by Gasteiger charge is 2.25. The molecule has 0 saturated heterocycles. The van der Waals surface area contributed by atoms with Gasteiger partial charge in [-0.05, 0) is 48.6 Å². The topological polar surface area (TPSA) is 48.4 Å². The maximum atomic E-state index is 11.7. The Morgan fingerprint density at radius 3 is 2.82 bits per heavy atom. The van der Waals surface area contributed by atoms with Gasteiger partial charge >= 0.3 is 5.97 Å². The van der Waals surface area contributed by atoms with Crippen LogP contribution in [-0.4, -0.2) is 18.1 Å². The van der Waals surface area contributed by atoms with Gasteiger partial charge in [0.05, 0.1) is 13.0 Å². The Morgan fingerprint density at radius 2 is 2.05 bits per heavy atom. The molecule has 0 fully saturated rings. The first-order valence-electron chi connectivity index (χ1n) is 7.15. The molecule has 0 radical (unpaired) electrons. The Balaban J connectivity index is 1.76. The van der Waals surface area contributed by atoms with Crippen molar-refractivity contribution in [1.29, 1.82) is 0 Å². The minimum absolute atomic E-state index is 0.0386. The molecule has 0 N–H and O–H groups in total. The van der Waals surface area contributed by atoms with Crippen LogP contribution >= 0.6 is 11.6 Å². The van der Waals surface area contributed by atoms with Crippen LogP contribution in [0.1, 0.15) is 17.5 Å². The van der Waals surface area contributed by atoms with Gasteiger partial charge in [-0.1, -0.05) is 17.7 Å². The number of rotatable bonds is 3. The number of carbonyl (C=O) groups excluding carboxylic acids is 1. The number of carbonyl (C=O) groups is 1. The Labute approximate surface area is 134 Å². The van der Waals surface area contributed by atoms with Gasteiger partial charge < -0.3 is 9.47 Å². The van der Waals surface area contributed by atoms with Crippen molar-refractivity contribution in [2.24, 2.45) is 5.92 Å². The van der Waals surface area contributed by atoms with E-state index in [-0.39, 0.29) is 11.9 Å². The van der Waals surface area contributed by atoms with Gasteiger partial charge in [-0.15, -0.1) is 0 Å². The summed E-state index contributed by atoms with van der Waals surface area (Å²) in [7, 11) is 1.44. The van der Waals surface area contributed by atoms with Gasteiger partial charge in [0, 0.05) is 12.3 Å². The average molecular weight is 318 g/mol. The first kappa shape index (κ1) is 14.9. The number of hydrogen-bond acceptors (Lipinski definition) is 4. The number of hydrogen-bond donors (Lipinski definition) is 0. The molecule has 1 atom stereocenters. The predicted molar refractivity (Wildman–Crippen MR) is 83.3 cm³/mol. The van der Waals surface area contributed by atoms with E-state index in [4.69, 9.17) is 21.1 Å². The molecule has 114 valence electrons. The second kappa shape index (κ2) is 6.36. The van der Waals surface area contributed by atoms with Gasteiger partial charge in [0.2, 0.25) is 0 Å². The van der Waals surface area contributed by atoms with Crippen LogP contribution in [0.2, 0.25) is 5.15 Å². The number of esters is 1. The molecule has 4 nitrogen and oxygen atoms in total. The van der Waals surface area contributed by atoms with Gasteiger partial charge in [0.1, 0.15) is 16.7 Å². The molecule has 5 heteroatoms. The first-order valence-corrected chi connectivity index (χ1v) is 7.52. The van der Waals surface area contributed by atoms with E-state index in [1.54, 1.807) is 18.3 Å². The highest BCUT2D eigenvalue weighted by molar-refractivity contribution is 6.29. The monoisotopic (exact) mass is 317 g/mol. The smallest absolute Gasteiger partial charge is 0.309 e. The Kier molecular flexibility index (Phi) is 4.29. The van der Waals surface area contributed by atoms with Crippen molar-refractivity contribution in [3.8, 4) is 11.5 Å². The number of benzene rings is 1. The van der Waals surface area contributed by atoms with Gasteiger partial charge in [-0.3, -0.25) is 4.79 Å². The third-order valence-corrected chi connectivity index (χ3v) is 4.08. The fraction of sp³-hybridized carbons (Fsp3) is 0.294. The molecule has 0 spiro atoms. The molecule has 2 aromatic rings. The summed E-state index contributed by atoms with van der Waals surface area (Å²) in [6, 6.07) is 9.39. The maximum Gasteiger partial charge on any atom is 0.309 e. The lowest BCUT2D eigenvalue weighted by Gasteiger charge is -2.23. The molecule has 3 rings (SSSR count). The molecule has 1 aromatic heterocycles. The molecule has 22 heavy (non-hydrogen) atoms. The van der Waals surface area contributed by atoms with E-state index in [2.05, 4.69) is 4.98 Å². The minimum Gasteiger partial charge on any atom is -0.469 e. The summed E-state index contributed by atoms with van der Waals surface area (Å²) in [4.78, 5) is 15.6. The quantitative estimate of drug-likeness (QED) is 0.638. The summed E-state index contributed by atoms with van der Waals surface area (Å²) in [5, 5.41) is 0.399. The summed E-state index contributed by atoms with van der Waals surface area (Å²) in [5.74, 6) is 1.25. The lowest BCUT2D eigenvalue weighted by atomic mass is 9.84. The van der Waals surface area contributed by atoms with Gasteiger partial charge in [-0.2, -0.15) is 0 Å². The Morgan fingerprint density at radius 1 is 1.23 bits per heavy atom. The third kappa shape index (κ3) is 3.22. The van der Waals surface area contributed by atoms with Crippen molar-refractivity contribution >= 4 is 17.6 Å². The number of halogens is 1. The zero-order valence-corrected chi connectivity index (χ0v) is 13.0. The van der Waals surface area contributed by atoms with Crippen LogP contribution in [0, 0.1) is 5.92 Å². The summed E-state index contributed by atoms with van der Waals surface area (Å²) in [6.07, 6.45) is 3.99. The van der Waals surface area contributed by atoms with E-state index in [1.807, 2.05) is 18.2 Å². The number of ether oxygens (including phenoxy) is 2. The number of nitrogens with zero attached hydrogens (tertiary/aromatic N) is 1. The second-order valence-electron chi connectivity index (χ2n) is 5.31. The van der Waals surface area contributed by atoms with E-state index in [0.717, 1.165) is 25.0 Å². The summed E-state index contributed by atoms with van der Waals surface area (Å²) < 4.78 is 10.6. The predicted octanol–water partition coefficient (Wildman–Crippen LogP) is 3.81. The molecule has 1 unspecified atom stereocenters. The molecule has 1 aliphatic carbocycles. The lowest BCUT2D eigenvalue weighted by molar-refractivity contribution is -0.145. The Bertz CT molecular complexity index is 702. The van der Waals surface area contributed by atoms with Crippen molar-refractivity contribution in [2.45, 2.75) is 19.3 Å². The largest absolute Gasteiger partial charge is 0.469 e. The van der Waals surface area contributed by atoms with E-state index in [1.165, 1.54) is 18.2 Å². The normalized spacial score (nSPS) is 16.7. The third-order valence-electron chi connectivity index (χ3n) is 3.87. The van der Waals surface area contributed by atoms with E-state index in [0.29, 0.717) is 10.9 Å². The SMILES string of the molecule is COC(=O)C1CCc2cc(Oc3ccnc(Cl)c3)ccc2C1. The molecular weight excluding hydrogens is 302 g/mol. The van der Waals surface area contributed by atoms with Crippen LogP contribution in [0.4, 0.5) is 0 Å². The zero-order chi connectivity index (χ0) is 15.5. The van der Waals surface area contributed by atoms with Crippen LogP contribution in [-0.2, 0) is 22.4 Å². The van der Waals surface area contributed by atoms with E-state index >= 15 is 0 Å². The van der Waals surface area contributed by atoms with Gasteiger partial charge in [-0.25, -0.2) is 4.98 Å². The van der Waals surface area contributed by atoms with Crippen molar-refractivity contribution in [3.05, 3.63) is 52.8 Å². The fourth-order valence-corrected chi connectivity index (χ4v) is 2.91. The fourth-order valence-electron chi connectivity index (χ4n) is 2.75. The molecule has 0 saturated carbocycles. The van der Waals surface area contributed by atoms with Crippen LogP contribution in [0.3, 0.4) is 0 Å². The summed E-state index contributed by atoms with van der Waals surface area (Å²) in [6.45, 7) is 0. The average Bonchev–Trinajstić information content (AvgIpc) is 2.53. The maximum absolute atomic E-state index is 11.7. The minimum atomic E-state index is -0.127. The molecule has 1 aromatic carbocycles. The number of fused-ring (bicyclic) bond motifs is 1. The summed E-state index contributed by atoms with van der Waals surface area (Å²) >= 11 is 5.85. The number of aromatic nitrogens is 1.